The highest BCUT2D eigenvalue weighted by molar-refractivity contribution is 7.67. The molecular weight excluding hydrogens is 364 g/mol. The monoisotopic (exact) mass is 391 g/mol. The molecule has 1 fully saturated rings. The molecule has 0 spiro atoms. The molecule has 2 aromatic rings. The Labute approximate surface area is 160 Å². The number of aliphatic hydroxyl groups is 1. The third-order valence-electron chi connectivity index (χ3n) is 5.09. The Hall–Kier alpha value is -1.68. The van der Waals surface area contributed by atoms with Gasteiger partial charge in [0, 0.05) is 30.7 Å². The van der Waals surface area contributed by atoms with Crippen LogP contribution < -0.4 is 10.2 Å². The van der Waals surface area contributed by atoms with Crippen molar-refractivity contribution in [2.45, 2.75) is 44.1 Å². The van der Waals surface area contributed by atoms with Crippen molar-refractivity contribution >= 4 is 18.4 Å². The first-order chi connectivity index (χ1) is 12.9. The Morgan fingerprint density at radius 3 is 2.30 bits per heavy atom. The summed E-state index contributed by atoms with van der Waals surface area (Å²) >= 11 is 0. The molecule has 4 nitrogen and oxygen atoms in total. The highest BCUT2D eigenvalue weighted by atomic mass is 31.2. The highest BCUT2D eigenvalue weighted by Crippen LogP contribution is 2.59. The van der Waals surface area contributed by atoms with E-state index in [1.54, 1.807) is 24.3 Å². The van der Waals surface area contributed by atoms with Crippen LogP contribution in [0.15, 0.2) is 48.5 Å². The van der Waals surface area contributed by atoms with E-state index >= 15 is 0 Å². The molecule has 1 aliphatic carbocycles. The maximum absolute atomic E-state index is 14.3. The van der Waals surface area contributed by atoms with Crippen LogP contribution in [0.25, 0.3) is 0 Å². The van der Waals surface area contributed by atoms with Crippen molar-refractivity contribution < 1.29 is 18.6 Å². The number of hydrogen-bond acceptors (Lipinski definition) is 4. The second-order valence-corrected chi connectivity index (χ2v) is 9.68. The van der Waals surface area contributed by atoms with Gasteiger partial charge < -0.3 is 14.5 Å². The number of benzene rings is 2. The molecule has 3 rings (SSSR count). The topological polar surface area (TPSA) is 49.8 Å². The van der Waals surface area contributed by atoms with Gasteiger partial charge in [0.05, 0.1) is 6.10 Å². The van der Waals surface area contributed by atoms with Gasteiger partial charge in [-0.15, -0.1) is 0 Å². The number of anilines is 1. The molecule has 0 heterocycles. The summed E-state index contributed by atoms with van der Waals surface area (Å²) in [5, 5.41) is 11.4. The summed E-state index contributed by atoms with van der Waals surface area (Å²) in [5.41, 5.74) is 0.955. The molecule has 6 heteroatoms. The molecule has 27 heavy (non-hydrogen) atoms. The van der Waals surface area contributed by atoms with Crippen molar-refractivity contribution in [2.24, 2.45) is 0 Å². The van der Waals surface area contributed by atoms with Crippen molar-refractivity contribution in [3.8, 4) is 0 Å². The Kier molecular flexibility index (Phi) is 6.36. The van der Waals surface area contributed by atoms with E-state index in [2.05, 4.69) is 0 Å². The molecule has 0 amide bonds. The summed E-state index contributed by atoms with van der Waals surface area (Å²) in [6.45, 7) is 0. The summed E-state index contributed by atoms with van der Waals surface area (Å²) in [5.74, 6) is -2.12. The molecule has 0 aromatic heterocycles. The van der Waals surface area contributed by atoms with Gasteiger partial charge in [0.2, 0.25) is 0 Å². The van der Waals surface area contributed by atoms with Crippen LogP contribution in [-0.4, -0.2) is 25.3 Å². The molecule has 0 radical (unpaired) electrons. The normalized spacial score (nSPS) is 18.7. The first kappa shape index (κ1) is 20.1. The van der Waals surface area contributed by atoms with Crippen molar-refractivity contribution in [2.75, 3.05) is 19.0 Å². The van der Waals surface area contributed by atoms with Crippen molar-refractivity contribution in [3.63, 3.8) is 0 Å². The Morgan fingerprint density at radius 2 is 1.70 bits per heavy atom. The van der Waals surface area contributed by atoms with Crippen LogP contribution in [0.1, 0.15) is 43.5 Å². The van der Waals surface area contributed by atoms with Gasteiger partial charge in [0.1, 0.15) is 5.82 Å². The molecule has 1 N–H and O–H groups in total. The second kappa shape index (κ2) is 8.55. The number of rotatable bonds is 6. The Bertz CT molecular complexity index is 803. The highest BCUT2D eigenvalue weighted by Gasteiger charge is 2.40. The lowest BCUT2D eigenvalue weighted by molar-refractivity contribution is 0.136. The molecule has 146 valence electrons. The van der Waals surface area contributed by atoms with E-state index in [0.29, 0.717) is 5.30 Å². The van der Waals surface area contributed by atoms with E-state index in [0.717, 1.165) is 37.8 Å². The fourth-order valence-electron chi connectivity index (χ4n) is 3.48. The molecule has 0 aliphatic heterocycles. The maximum atomic E-state index is 14.3. The van der Waals surface area contributed by atoms with Crippen LogP contribution in [0, 0.1) is 5.82 Å². The summed E-state index contributed by atoms with van der Waals surface area (Å²) in [4.78, 5) is 1.93. The minimum Gasteiger partial charge on any atom is -0.378 e. The van der Waals surface area contributed by atoms with Gasteiger partial charge in [0.15, 0.2) is 5.85 Å². The van der Waals surface area contributed by atoms with Crippen molar-refractivity contribution in [1.29, 1.82) is 0 Å². The second-order valence-electron chi connectivity index (χ2n) is 7.27. The maximum Gasteiger partial charge on any atom is 0.264 e. The zero-order chi connectivity index (χ0) is 19.4. The van der Waals surface area contributed by atoms with Gasteiger partial charge in [-0.05, 0) is 43.2 Å². The van der Waals surface area contributed by atoms with Gasteiger partial charge in [0.25, 0.3) is 7.37 Å². The van der Waals surface area contributed by atoms with Gasteiger partial charge in [-0.25, -0.2) is 4.39 Å². The van der Waals surface area contributed by atoms with Crippen LogP contribution in [0.4, 0.5) is 10.1 Å². The van der Waals surface area contributed by atoms with Crippen molar-refractivity contribution in [3.05, 3.63) is 59.9 Å². The molecule has 1 saturated carbocycles. The third kappa shape index (κ3) is 4.43. The average Bonchev–Trinajstić information content (AvgIpc) is 2.68. The minimum absolute atomic E-state index is 0.00771. The summed E-state index contributed by atoms with van der Waals surface area (Å²) < 4.78 is 34.3. The average molecular weight is 391 g/mol. The largest absolute Gasteiger partial charge is 0.378 e. The van der Waals surface area contributed by atoms with Gasteiger partial charge in [-0.2, -0.15) is 0 Å². The molecule has 0 bridgehead atoms. The lowest BCUT2D eigenvalue weighted by Crippen LogP contribution is -2.23. The van der Waals surface area contributed by atoms with E-state index in [1.807, 2.05) is 31.1 Å². The Balaban J connectivity index is 1.99. The molecule has 2 aromatic carbocycles. The number of hydrogen-bond donors (Lipinski definition) is 1. The molecule has 1 aliphatic rings. The van der Waals surface area contributed by atoms with Crippen LogP contribution in [0.3, 0.4) is 0 Å². The lowest BCUT2D eigenvalue weighted by Gasteiger charge is -2.31. The first-order valence-electron chi connectivity index (χ1n) is 9.40. The van der Waals surface area contributed by atoms with E-state index in [9.17, 15) is 14.1 Å². The molecular formula is C21H27FNO3P. The predicted octanol–water partition coefficient (Wildman–Crippen LogP) is 4.84. The molecule has 0 unspecified atom stereocenters. The van der Waals surface area contributed by atoms with Crippen LogP contribution in [0.2, 0.25) is 0 Å². The fourth-order valence-corrected chi connectivity index (χ4v) is 5.79. The fraction of sp³-hybridized carbons (Fsp3) is 0.429. The summed E-state index contributed by atoms with van der Waals surface area (Å²) in [7, 11) is 0.103. The zero-order valence-corrected chi connectivity index (χ0v) is 16.7. The van der Waals surface area contributed by atoms with Crippen molar-refractivity contribution in [1.82, 2.24) is 0 Å². The number of halogens is 1. The lowest BCUT2D eigenvalue weighted by atomic mass is 9.98. The van der Waals surface area contributed by atoms with E-state index in [4.69, 9.17) is 4.52 Å². The number of aliphatic hydroxyl groups excluding tert-OH is 1. The third-order valence-corrected chi connectivity index (χ3v) is 7.64. The zero-order valence-electron chi connectivity index (χ0n) is 15.8. The van der Waals surface area contributed by atoms with E-state index in [-0.39, 0.29) is 11.7 Å². The molecule has 2 atom stereocenters. The number of nitrogens with zero attached hydrogens (tertiary/aromatic N) is 1. The Morgan fingerprint density at radius 1 is 1.07 bits per heavy atom. The van der Waals surface area contributed by atoms with Gasteiger partial charge in [-0.1, -0.05) is 37.5 Å². The first-order valence-corrected chi connectivity index (χ1v) is 11.1. The van der Waals surface area contributed by atoms with Gasteiger partial charge in [-0.3, -0.25) is 4.57 Å². The SMILES string of the molecule is CN(C)c1ccc([P@@](=O)(OC2CCCCC2)[C@H](O)c2ccccc2F)cc1. The molecule has 0 saturated heterocycles. The van der Waals surface area contributed by atoms with Gasteiger partial charge >= 0.3 is 0 Å². The standard InChI is InChI=1S/C21H27FNO3P/c1-23(2)16-12-14-18(15-13-16)27(25,26-17-8-4-3-5-9-17)21(24)19-10-6-7-11-20(19)22/h6-7,10-15,17,21,24H,3-5,8-9H2,1-2H3/t21-,27+/m0/s1. The summed E-state index contributed by atoms with van der Waals surface area (Å²) in [6, 6.07) is 13.0. The van der Waals surface area contributed by atoms with Crippen LogP contribution in [0.5, 0.6) is 0 Å². The van der Waals surface area contributed by atoms with E-state index in [1.165, 1.54) is 12.1 Å². The predicted molar refractivity (Wildman–Crippen MR) is 107 cm³/mol. The smallest absolute Gasteiger partial charge is 0.264 e. The van der Waals surface area contributed by atoms with Crippen LogP contribution >= 0.6 is 7.37 Å². The quantitative estimate of drug-likeness (QED) is 0.716. The van der Waals surface area contributed by atoms with E-state index < -0.39 is 19.0 Å². The van der Waals surface area contributed by atoms with Crippen LogP contribution in [-0.2, 0) is 9.09 Å². The summed E-state index contributed by atoms with van der Waals surface area (Å²) in [6.07, 6.45) is 4.60. The minimum atomic E-state index is -3.73.